The van der Waals surface area contributed by atoms with E-state index in [1.54, 1.807) is 0 Å². The number of fused-ring (bicyclic) bond motifs is 3. The Balaban J connectivity index is 1.33. The molecule has 5 aromatic rings. The van der Waals surface area contributed by atoms with E-state index >= 15 is 0 Å². The highest BCUT2D eigenvalue weighted by molar-refractivity contribution is 5.88. The molecule has 7 rings (SSSR count). The molecule has 0 amide bonds. The largest absolute Gasteiger partial charge is 0.493 e. The topological polar surface area (TPSA) is 36.9 Å². The average Bonchev–Trinajstić information content (AvgIpc) is 3.41. The lowest BCUT2D eigenvalue weighted by Gasteiger charge is -2.34. The highest BCUT2D eigenvalue weighted by atomic mass is 16.7. The van der Waals surface area contributed by atoms with Crippen LogP contribution in [0.1, 0.15) is 69.2 Å². The van der Waals surface area contributed by atoms with Gasteiger partial charge in [0, 0.05) is 6.42 Å². The van der Waals surface area contributed by atoms with Crippen molar-refractivity contribution in [2.45, 2.75) is 58.7 Å². The zero-order valence-electron chi connectivity index (χ0n) is 28.6. The Bertz CT molecular complexity index is 1760. The summed E-state index contributed by atoms with van der Waals surface area (Å²) in [5.74, 6) is 3.54. The van der Waals surface area contributed by atoms with Crippen molar-refractivity contribution in [2.75, 3.05) is 19.8 Å². The molecular weight excluding hydrogens is 592 g/mol. The fourth-order valence-corrected chi connectivity index (χ4v) is 7.06. The lowest BCUT2D eigenvalue weighted by molar-refractivity contribution is -0.105. The number of hydrogen-bond acceptors (Lipinski definition) is 4. The highest BCUT2D eigenvalue weighted by Crippen LogP contribution is 2.57. The van der Waals surface area contributed by atoms with Gasteiger partial charge in [0.25, 0.3) is 0 Å². The zero-order valence-corrected chi connectivity index (χ0v) is 28.6. The summed E-state index contributed by atoms with van der Waals surface area (Å²) < 4.78 is 24.2. The van der Waals surface area contributed by atoms with Crippen molar-refractivity contribution in [3.05, 3.63) is 138 Å². The van der Waals surface area contributed by atoms with Crippen LogP contribution in [0.15, 0.2) is 115 Å². The fraction of sp³-hybridized carbons (Fsp3) is 0.318. The third-order valence-corrected chi connectivity index (χ3v) is 9.38. The number of hydrogen-bond donors (Lipinski definition) is 0. The molecular formula is C44H46O4. The van der Waals surface area contributed by atoms with Crippen molar-refractivity contribution in [3.8, 4) is 39.5 Å². The van der Waals surface area contributed by atoms with Crippen LogP contribution >= 0.6 is 0 Å². The van der Waals surface area contributed by atoms with Gasteiger partial charge in [-0.2, -0.15) is 0 Å². The van der Waals surface area contributed by atoms with Crippen LogP contribution in [0.4, 0.5) is 0 Å². The van der Waals surface area contributed by atoms with Gasteiger partial charge in [-0.25, -0.2) is 0 Å². The molecule has 0 saturated carbocycles. The van der Waals surface area contributed by atoms with E-state index in [1.165, 1.54) is 38.9 Å². The van der Waals surface area contributed by atoms with Gasteiger partial charge >= 0.3 is 0 Å². The van der Waals surface area contributed by atoms with E-state index in [0.29, 0.717) is 25.0 Å². The quantitative estimate of drug-likeness (QED) is 0.141. The molecule has 0 bridgehead atoms. The van der Waals surface area contributed by atoms with Gasteiger partial charge in [-0.05, 0) is 112 Å². The first-order valence-corrected chi connectivity index (χ1v) is 17.5. The Hall–Kier alpha value is -4.54. The van der Waals surface area contributed by atoms with Crippen molar-refractivity contribution in [1.29, 1.82) is 0 Å². The van der Waals surface area contributed by atoms with E-state index in [2.05, 4.69) is 143 Å². The van der Waals surface area contributed by atoms with Crippen LogP contribution in [0.25, 0.3) is 22.3 Å². The second kappa shape index (κ2) is 13.9. The molecule has 0 N–H and O–H groups in total. The van der Waals surface area contributed by atoms with Crippen molar-refractivity contribution in [2.24, 2.45) is 11.8 Å². The molecule has 1 heterocycles. The first-order chi connectivity index (χ1) is 23.4. The molecule has 1 atom stereocenters. The van der Waals surface area contributed by atoms with Gasteiger partial charge in [-0.1, -0.05) is 100 Å². The normalized spacial score (nSPS) is 16.4. The molecule has 48 heavy (non-hydrogen) atoms. The van der Waals surface area contributed by atoms with Crippen LogP contribution in [0.5, 0.6) is 17.2 Å². The molecule has 0 spiro atoms. The Morgan fingerprint density at radius 2 is 1.17 bits per heavy atom. The van der Waals surface area contributed by atoms with Gasteiger partial charge in [0.05, 0.1) is 25.2 Å². The van der Waals surface area contributed by atoms with Crippen LogP contribution in [-0.4, -0.2) is 26.1 Å². The predicted molar refractivity (Wildman–Crippen MR) is 194 cm³/mol. The monoisotopic (exact) mass is 638 g/mol. The fourth-order valence-electron chi connectivity index (χ4n) is 7.06. The Labute approximate surface area is 285 Å². The van der Waals surface area contributed by atoms with Crippen molar-refractivity contribution in [3.63, 3.8) is 0 Å². The zero-order chi connectivity index (χ0) is 33.1. The molecule has 1 fully saturated rings. The van der Waals surface area contributed by atoms with Gasteiger partial charge in [0.15, 0.2) is 6.29 Å². The van der Waals surface area contributed by atoms with Crippen LogP contribution in [-0.2, 0) is 10.2 Å². The standard InChI is InChI=1S/C44H46O4/c1-30(2)28-46-36-21-15-34(16-22-36)44(35-17-23-37(24-18-35)47-29-31(3)4)41-10-6-5-9-39(41)40-25-14-33(27-42(40)44)32-12-19-38(20-13-32)48-43-11-7-8-26-45-43/h5-6,9-10,12-25,27,30-31,43H,7-8,11,26,28-29H2,1-4H3. The predicted octanol–water partition coefficient (Wildman–Crippen LogP) is 10.7. The van der Waals surface area contributed by atoms with Crippen LogP contribution in [0, 0.1) is 11.8 Å². The minimum absolute atomic E-state index is 0.159. The summed E-state index contributed by atoms with van der Waals surface area (Å²) in [6, 6.07) is 41.7. The van der Waals surface area contributed by atoms with E-state index in [-0.39, 0.29) is 6.29 Å². The van der Waals surface area contributed by atoms with Crippen LogP contribution in [0.2, 0.25) is 0 Å². The molecule has 246 valence electrons. The van der Waals surface area contributed by atoms with Gasteiger partial charge < -0.3 is 18.9 Å². The molecule has 1 aliphatic heterocycles. The Morgan fingerprint density at radius 1 is 0.604 bits per heavy atom. The lowest BCUT2D eigenvalue weighted by atomic mass is 9.67. The maximum Gasteiger partial charge on any atom is 0.199 e. The van der Waals surface area contributed by atoms with Crippen molar-refractivity contribution in [1.82, 2.24) is 0 Å². The maximum atomic E-state index is 6.15. The molecule has 1 saturated heterocycles. The summed E-state index contributed by atoms with van der Waals surface area (Å²) in [5, 5.41) is 0. The number of ether oxygens (including phenoxy) is 4. The van der Waals surface area contributed by atoms with E-state index in [0.717, 1.165) is 48.7 Å². The minimum atomic E-state index is -0.531. The molecule has 0 aromatic heterocycles. The summed E-state index contributed by atoms with van der Waals surface area (Å²) in [7, 11) is 0. The van der Waals surface area contributed by atoms with E-state index in [9.17, 15) is 0 Å². The van der Waals surface area contributed by atoms with E-state index in [4.69, 9.17) is 18.9 Å². The summed E-state index contributed by atoms with van der Waals surface area (Å²) in [6.45, 7) is 10.8. The van der Waals surface area contributed by atoms with Crippen molar-refractivity contribution >= 4 is 0 Å². The second-order valence-corrected chi connectivity index (χ2v) is 14.0. The van der Waals surface area contributed by atoms with Gasteiger partial charge in [-0.15, -0.1) is 0 Å². The van der Waals surface area contributed by atoms with Crippen LogP contribution in [0.3, 0.4) is 0 Å². The first-order valence-electron chi connectivity index (χ1n) is 17.5. The maximum absolute atomic E-state index is 6.15. The molecule has 4 nitrogen and oxygen atoms in total. The average molecular weight is 639 g/mol. The molecule has 4 heteroatoms. The molecule has 2 aliphatic rings. The van der Waals surface area contributed by atoms with Crippen LogP contribution < -0.4 is 14.2 Å². The molecule has 1 aliphatic carbocycles. The van der Waals surface area contributed by atoms with Gasteiger partial charge in [0.1, 0.15) is 17.2 Å². The highest BCUT2D eigenvalue weighted by Gasteiger charge is 2.46. The summed E-state index contributed by atoms with van der Waals surface area (Å²) in [4.78, 5) is 0. The first kappa shape index (κ1) is 32.0. The van der Waals surface area contributed by atoms with E-state index in [1.807, 2.05) is 0 Å². The molecule has 1 unspecified atom stereocenters. The molecule has 5 aromatic carbocycles. The number of rotatable bonds is 11. The van der Waals surface area contributed by atoms with Crippen molar-refractivity contribution < 1.29 is 18.9 Å². The molecule has 0 radical (unpaired) electrons. The second-order valence-electron chi connectivity index (χ2n) is 14.0. The lowest BCUT2D eigenvalue weighted by Crippen LogP contribution is -2.28. The summed E-state index contributed by atoms with van der Waals surface area (Å²) >= 11 is 0. The van der Waals surface area contributed by atoms with E-state index < -0.39 is 5.41 Å². The summed E-state index contributed by atoms with van der Waals surface area (Å²) in [5.41, 5.74) is 9.25. The Kier molecular flexibility index (Phi) is 9.28. The third kappa shape index (κ3) is 6.34. The Morgan fingerprint density at radius 3 is 1.75 bits per heavy atom. The summed E-state index contributed by atoms with van der Waals surface area (Å²) in [6.07, 6.45) is 3.02. The third-order valence-electron chi connectivity index (χ3n) is 9.38. The van der Waals surface area contributed by atoms with Gasteiger partial charge in [0.2, 0.25) is 0 Å². The van der Waals surface area contributed by atoms with Gasteiger partial charge in [-0.3, -0.25) is 0 Å². The SMILES string of the molecule is CC(C)COc1ccc(C2(c3ccc(OCC(C)C)cc3)c3ccccc3-c3ccc(-c4ccc(OC5CCCCO5)cc4)cc32)cc1. The smallest absolute Gasteiger partial charge is 0.199 e. The minimum Gasteiger partial charge on any atom is -0.493 e. The number of benzene rings is 5.